The molecule has 0 saturated heterocycles. The van der Waals surface area contributed by atoms with Crippen molar-refractivity contribution in [2.75, 3.05) is 0 Å². The van der Waals surface area contributed by atoms with Gasteiger partial charge in [0.15, 0.2) is 0 Å². The Kier molecular flexibility index (Phi) is 4.67. The number of nitrogens with zero attached hydrogens (tertiary/aromatic N) is 1. The molecule has 1 aliphatic rings. The van der Waals surface area contributed by atoms with Crippen molar-refractivity contribution in [2.24, 2.45) is 0 Å². The van der Waals surface area contributed by atoms with Crippen molar-refractivity contribution in [3.05, 3.63) is 60.4 Å². The molecule has 0 radical (unpaired) electrons. The summed E-state index contributed by atoms with van der Waals surface area (Å²) >= 11 is 13.6. The van der Waals surface area contributed by atoms with Crippen molar-refractivity contribution in [1.29, 1.82) is 0 Å². The van der Waals surface area contributed by atoms with Gasteiger partial charge >= 0.3 is 0 Å². The highest BCUT2D eigenvalue weighted by molar-refractivity contribution is 7.18. The Hall–Kier alpha value is -1.62. The smallest absolute Gasteiger partial charge is 0.260 e. The summed E-state index contributed by atoms with van der Waals surface area (Å²) in [6.07, 6.45) is 9.29. The summed E-state index contributed by atoms with van der Waals surface area (Å²) in [5, 5.41) is 1.81. The van der Waals surface area contributed by atoms with Crippen molar-refractivity contribution in [3.63, 3.8) is 0 Å². The molecule has 0 bridgehead atoms. The fourth-order valence-corrected chi connectivity index (χ4v) is 4.80. The second-order valence-corrected chi connectivity index (χ2v) is 8.10. The van der Waals surface area contributed by atoms with Crippen LogP contribution < -0.4 is 5.56 Å². The quantitative estimate of drug-likeness (QED) is 0.567. The first kappa shape index (κ1) is 16.8. The van der Waals surface area contributed by atoms with Crippen LogP contribution in [0.4, 0.5) is 0 Å². The third-order valence-electron chi connectivity index (χ3n) is 4.47. The van der Waals surface area contributed by atoms with E-state index in [1.54, 1.807) is 29.5 Å². The Morgan fingerprint density at radius 3 is 2.76 bits per heavy atom. The van der Waals surface area contributed by atoms with E-state index in [-0.39, 0.29) is 5.56 Å². The van der Waals surface area contributed by atoms with Gasteiger partial charge in [-0.15, -0.1) is 11.3 Å². The first-order valence-electron chi connectivity index (χ1n) is 8.29. The molecule has 0 atom stereocenters. The summed E-state index contributed by atoms with van der Waals surface area (Å²) < 4.78 is 0. The number of rotatable bonds is 2. The minimum Gasteiger partial charge on any atom is -0.306 e. The highest BCUT2D eigenvalue weighted by Crippen LogP contribution is 2.33. The zero-order chi connectivity index (χ0) is 17.4. The third kappa shape index (κ3) is 3.39. The molecular formula is C19H16Cl2N2OS. The lowest BCUT2D eigenvalue weighted by molar-refractivity contribution is 0.713. The van der Waals surface area contributed by atoms with Crippen LogP contribution in [0.25, 0.3) is 22.4 Å². The number of hydrogen-bond donors (Lipinski definition) is 1. The Labute approximate surface area is 159 Å². The van der Waals surface area contributed by atoms with Gasteiger partial charge in [0.2, 0.25) is 0 Å². The molecule has 128 valence electrons. The van der Waals surface area contributed by atoms with Crippen LogP contribution >= 0.6 is 34.5 Å². The van der Waals surface area contributed by atoms with Gasteiger partial charge in [0.25, 0.3) is 5.56 Å². The van der Waals surface area contributed by atoms with Crippen LogP contribution in [0.3, 0.4) is 0 Å². The predicted octanol–water partition coefficient (Wildman–Crippen LogP) is 5.73. The van der Waals surface area contributed by atoms with E-state index in [0.29, 0.717) is 15.9 Å². The van der Waals surface area contributed by atoms with Crippen molar-refractivity contribution in [2.45, 2.75) is 32.1 Å². The molecule has 25 heavy (non-hydrogen) atoms. The molecule has 3 nitrogen and oxygen atoms in total. The Morgan fingerprint density at radius 1 is 1.08 bits per heavy atom. The van der Waals surface area contributed by atoms with Gasteiger partial charge in [-0.05, 0) is 55.0 Å². The molecule has 0 spiro atoms. The van der Waals surface area contributed by atoms with Gasteiger partial charge in [0, 0.05) is 4.88 Å². The average molecular weight is 391 g/mol. The van der Waals surface area contributed by atoms with Gasteiger partial charge < -0.3 is 4.98 Å². The molecule has 1 aliphatic carbocycles. The number of nitrogens with one attached hydrogen (secondary N) is 1. The molecule has 1 aromatic carbocycles. The number of benzene rings is 1. The van der Waals surface area contributed by atoms with Gasteiger partial charge in [-0.1, -0.05) is 41.8 Å². The number of H-pyrrole nitrogens is 1. The first-order chi connectivity index (χ1) is 12.1. The highest BCUT2D eigenvalue weighted by Gasteiger charge is 2.18. The molecule has 0 amide bonds. The van der Waals surface area contributed by atoms with E-state index in [1.165, 1.54) is 23.3 Å². The van der Waals surface area contributed by atoms with Crippen LogP contribution in [0, 0.1) is 0 Å². The van der Waals surface area contributed by atoms with Gasteiger partial charge in [0.1, 0.15) is 10.7 Å². The van der Waals surface area contributed by atoms with Crippen molar-refractivity contribution in [1.82, 2.24) is 9.97 Å². The minimum atomic E-state index is -0.0433. The maximum Gasteiger partial charge on any atom is 0.260 e. The van der Waals surface area contributed by atoms with Crippen molar-refractivity contribution >= 4 is 56.9 Å². The second kappa shape index (κ2) is 6.94. The fourth-order valence-electron chi connectivity index (χ4n) is 3.23. The molecule has 1 N–H and O–H groups in total. The van der Waals surface area contributed by atoms with E-state index >= 15 is 0 Å². The normalized spacial score (nSPS) is 14.8. The maximum atomic E-state index is 12.6. The zero-order valence-corrected chi connectivity index (χ0v) is 15.8. The lowest BCUT2D eigenvalue weighted by atomic mass is 10.1. The molecule has 2 aromatic heterocycles. The molecular weight excluding hydrogens is 375 g/mol. The second-order valence-electron chi connectivity index (χ2n) is 6.20. The van der Waals surface area contributed by atoms with Crippen LogP contribution in [0.2, 0.25) is 10.0 Å². The van der Waals surface area contributed by atoms with E-state index < -0.39 is 0 Å². The van der Waals surface area contributed by atoms with Gasteiger partial charge in [-0.3, -0.25) is 4.79 Å². The average Bonchev–Trinajstić information content (AvgIpc) is 2.78. The van der Waals surface area contributed by atoms with Crippen LogP contribution in [0.1, 0.15) is 41.1 Å². The number of fused-ring (bicyclic) bond motifs is 3. The maximum absolute atomic E-state index is 12.6. The van der Waals surface area contributed by atoms with E-state index in [1.807, 2.05) is 12.1 Å². The SMILES string of the molecule is O=c1[nH]c(/C=C/c2ccc(Cl)c(Cl)c2)nc2sc3c(c12)CCCCC3. The lowest BCUT2D eigenvalue weighted by Gasteiger charge is -1.99. The number of hydrogen-bond acceptors (Lipinski definition) is 3. The van der Waals surface area contributed by atoms with Gasteiger partial charge in [-0.25, -0.2) is 4.98 Å². The molecule has 2 heterocycles. The largest absolute Gasteiger partial charge is 0.306 e. The van der Waals surface area contributed by atoms with E-state index in [0.717, 1.165) is 35.0 Å². The summed E-state index contributed by atoms with van der Waals surface area (Å²) in [4.78, 5) is 22.3. The Bertz CT molecular complexity index is 1040. The molecule has 0 unspecified atom stereocenters. The van der Waals surface area contributed by atoms with E-state index in [2.05, 4.69) is 9.97 Å². The summed E-state index contributed by atoms with van der Waals surface area (Å²) in [7, 11) is 0. The van der Waals surface area contributed by atoms with Crippen molar-refractivity contribution in [3.8, 4) is 0 Å². The zero-order valence-electron chi connectivity index (χ0n) is 13.4. The number of aryl methyl sites for hydroxylation is 2. The summed E-state index contributed by atoms with van der Waals surface area (Å²) in [6, 6.07) is 5.40. The first-order valence-corrected chi connectivity index (χ1v) is 9.87. The standard InChI is InChI=1S/C19H16Cl2N2OS/c20-13-8-6-11(10-14(13)21)7-9-16-22-18(24)17-12-4-2-1-3-5-15(12)25-19(17)23-16/h6-10H,1-5H2,(H,22,23,24)/b9-7+. The topological polar surface area (TPSA) is 45.8 Å². The Balaban J connectivity index is 1.72. The number of thiophene rings is 1. The molecule has 3 aromatic rings. The third-order valence-corrected chi connectivity index (χ3v) is 6.40. The van der Waals surface area contributed by atoms with Gasteiger partial charge in [0.05, 0.1) is 15.4 Å². The monoisotopic (exact) mass is 390 g/mol. The van der Waals surface area contributed by atoms with Crippen LogP contribution in [0.15, 0.2) is 23.0 Å². The molecule has 4 rings (SSSR count). The molecule has 0 saturated carbocycles. The highest BCUT2D eigenvalue weighted by atomic mass is 35.5. The van der Waals surface area contributed by atoms with E-state index in [4.69, 9.17) is 23.2 Å². The molecule has 6 heteroatoms. The number of aromatic nitrogens is 2. The number of halogens is 2. The summed E-state index contributed by atoms with van der Waals surface area (Å²) in [5.74, 6) is 0.556. The predicted molar refractivity (Wildman–Crippen MR) is 107 cm³/mol. The summed E-state index contributed by atoms with van der Waals surface area (Å²) in [6.45, 7) is 0. The van der Waals surface area contributed by atoms with Crippen molar-refractivity contribution < 1.29 is 0 Å². The Morgan fingerprint density at radius 2 is 1.92 bits per heavy atom. The van der Waals surface area contributed by atoms with Crippen LogP contribution in [-0.2, 0) is 12.8 Å². The molecule has 0 aliphatic heterocycles. The fraction of sp³-hybridized carbons (Fsp3) is 0.263. The van der Waals surface area contributed by atoms with E-state index in [9.17, 15) is 4.79 Å². The minimum absolute atomic E-state index is 0.0433. The lowest BCUT2D eigenvalue weighted by Crippen LogP contribution is -2.10. The van der Waals surface area contributed by atoms with Gasteiger partial charge in [-0.2, -0.15) is 0 Å². The molecule has 0 fully saturated rings. The number of aromatic amines is 1. The summed E-state index contributed by atoms with van der Waals surface area (Å²) in [5.41, 5.74) is 2.07. The van der Waals surface area contributed by atoms with Crippen LogP contribution in [0.5, 0.6) is 0 Å². The van der Waals surface area contributed by atoms with Crippen LogP contribution in [-0.4, -0.2) is 9.97 Å².